The molecular weight excluding hydrogens is 362 g/mol. The molecular formula is C16H25N3O4S2. The van der Waals surface area contributed by atoms with Gasteiger partial charge in [-0.25, -0.2) is 8.42 Å². The molecule has 2 aliphatic rings. The van der Waals surface area contributed by atoms with Gasteiger partial charge in [-0.05, 0) is 17.9 Å². The topological polar surface area (TPSA) is 92.9 Å². The molecule has 1 atom stereocenters. The monoisotopic (exact) mass is 387 g/mol. The van der Waals surface area contributed by atoms with Crippen LogP contribution in [0.2, 0.25) is 0 Å². The summed E-state index contributed by atoms with van der Waals surface area (Å²) in [6.07, 6.45) is 0.752. The lowest BCUT2D eigenvalue weighted by Gasteiger charge is -2.42. The lowest BCUT2D eigenvalue weighted by Crippen LogP contribution is -2.53. The van der Waals surface area contributed by atoms with Crippen LogP contribution in [0.5, 0.6) is 0 Å². The SMILES string of the molecule is CC1(C)CN(C(=O)c2csc(S(=O)(=O)N3CCOCC3)c2)CCC1N. The first kappa shape index (κ1) is 18.8. The van der Waals surface area contributed by atoms with E-state index in [4.69, 9.17) is 10.5 Å². The summed E-state index contributed by atoms with van der Waals surface area (Å²) in [4.78, 5) is 14.5. The summed E-state index contributed by atoms with van der Waals surface area (Å²) < 4.78 is 32.2. The molecule has 0 spiro atoms. The Bertz CT molecular complexity index is 738. The molecule has 0 aromatic carbocycles. The Morgan fingerprint density at radius 1 is 1.32 bits per heavy atom. The number of carbonyl (C=O) groups excluding carboxylic acids is 1. The minimum atomic E-state index is -3.56. The highest BCUT2D eigenvalue weighted by molar-refractivity contribution is 7.91. The first-order valence-corrected chi connectivity index (χ1v) is 10.7. The van der Waals surface area contributed by atoms with Crippen LogP contribution in [0.3, 0.4) is 0 Å². The fourth-order valence-electron chi connectivity index (χ4n) is 3.21. The number of likely N-dealkylation sites (tertiary alicyclic amines) is 1. The molecule has 1 aromatic heterocycles. The lowest BCUT2D eigenvalue weighted by molar-refractivity contribution is 0.0533. The van der Waals surface area contributed by atoms with Gasteiger partial charge in [-0.2, -0.15) is 4.31 Å². The summed E-state index contributed by atoms with van der Waals surface area (Å²) in [5, 5.41) is 1.64. The van der Waals surface area contributed by atoms with Gasteiger partial charge in [0, 0.05) is 37.6 Å². The van der Waals surface area contributed by atoms with E-state index in [0.717, 1.165) is 17.8 Å². The maximum atomic E-state index is 12.8. The van der Waals surface area contributed by atoms with Gasteiger partial charge in [-0.1, -0.05) is 13.8 Å². The highest BCUT2D eigenvalue weighted by Crippen LogP contribution is 2.30. The highest BCUT2D eigenvalue weighted by atomic mass is 32.2. The summed E-state index contributed by atoms with van der Waals surface area (Å²) in [6.45, 7) is 6.79. The normalized spacial score (nSPS) is 25.1. The molecule has 9 heteroatoms. The summed E-state index contributed by atoms with van der Waals surface area (Å²) in [5.41, 5.74) is 6.41. The minimum absolute atomic E-state index is 0.0660. The Labute approximate surface area is 152 Å². The van der Waals surface area contributed by atoms with Crippen molar-refractivity contribution in [2.45, 2.75) is 30.5 Å². The number of ether oxygens (including phenoxy) is 1. The molecule has 0 aliphatic carbocycles. The first-order chi connectivity index (χ1) is 11.7. The van der Waals surface area contributed by atoms with Crippen molar-refractivity contribution in [2.75, 3.05) is 39.4 Å². The van der Waals surface area contributed by atoms with Gasteiger partial charge in [0.25, 0.3) is 15.9 Å². The summed E-state index contributed by atoms with van der Waals surface area (Å²) in [5.74, 6) is -0.125. The Hall–Kier alpha value is -1.00. The van der Waals surface area contributed by atoms with E-state index >= 15 is 0 Å². The van der Waals surface area contributed by atoms with Crippen LogP contribution in [-0.2, 0) is 14.8 Å². The van der Waals surface area contributed by atoms with E-state index in [1.165, 1.54) is 10.4 Å². The van der Waals surface area contributed by atoms with Gasteiger partial charge in [-0.3, -0.25) is 4.79 Å². The smallest absolute Gasteiger partial charge is 0.254 e. The molecule has 140 valence electrons. The number of sulfonamides is 1. The largest absolute Gasteiger partial charge is 0.379 e. The van der Waals surface area contributed by atoms with E-state index in [1.54, 1.807) is 10.3 Å². The first-order valence-electron chi connectivity index (χ1n) is 8.43. The number of nitrogens with zero attached hydrogens (tertiary/aromatic N) is 2. The second-order valence-corrected chi connectivity index (χ2v) is 10.4. The third-order valence-electron chi connectivity index (χ3n) is 4.99. The predicted octanol–water partition coefficient (Wildman–Crippen LogP) is 0.968. The van der Waals surface area contributed by atoms with E-state index < -0.39 is 10.0 Å². The number of hydrogen-bond acceptors (Lipinski definition) is 6. The maximum absolute atomic E-state index is 12.8. The molecule has 2 aliphatic heterocycles. The Balaban J connectivity index is 1.76. The minimum Gasteiger partial charge on any atom is -0.379 e. The molecule has 2 N–H and O–H groups in total. The maximum Gasteiger partial charge on any atom is 0.254 e. The zero-order valence-corrected chi connectivity index (χ0v) is 16.2. The van der Waals surface area contributed by atoms with Crippen molar-refractivity contribution in [3.05, 3.63) is 17.0 Å². The van der Waals surface area contributed by atoms with Crippen molar-refractivity contribution in [3.63, 3.8) is 0 Å². The van der Waals surface area contributed by atoms with Gasteiger partial charge < -0.3 is 15.4 Å². The molecule has 3 heterocycles. The standard InChI is InChI=1S/C16H25N3O4S2/c1-16(2)11-18(4-3-13(16)17)15(20)12-9-14(24-10-12)25(21,22)19-5-7-23-8-6-19/h9-10,13H,3-8,11,17H2,1-2H3. The quantitative estimate of drug-likeness (QED) is 0.834. The van der Waals surface area contributed by atoms with Gasteiger partial charge in [-0.15, -0.1) is 11.3 Å². The molecule has 0 saturated carbocycles. The van der Waals surface area contributed by atoms with Gasteiger partial charge in [0.15, 0.2) is 0 Å². The number of rotatable bonds is 3. The summed E-state index contributed by atoms with van der Waals surface area (Å²) in [6, 6.07) is 1.57. The average Bonchev–Trinajstić information content (AvgIpc) is 3.08. The molecule has 2 fully saturated rings. The number of nitrogens with two attached hydrogens (primary N) is 1. The van der Waals surface area contributed by atoms with Crippen LogP contribution in [0, 0.1) is 5.41 Å². The van der Waals surface area contributed by atoms with Crippen LogP contribution in [0.15, 0.2) is 15.7 Å². The molecule has 3 rings (SSSR count). The number of thiophene rings is 1. The van der Waals surface area contributed by atoms with E-state index in [1.807, 2.05) is 0 Å². The molecule has 2 saturated heterocycles. The zero-order valence-electron chi connectivity index (χ0n) is 14.6. The van der Waals surface area contributed by atoms with Crippen molar-refractivity contribution in [1.29, 1.82) is 0 Å². The highest BCUT2D eigenvalue weighted by Gasteiger charge is 2.36. The van der Waals surface area contributed by atoms with Crippen LogP contribution >= 0.6 is 11.3 Å². The fraction of sp³-hybridized carbons (Fsp3) is 0.688. The predicted molar refractivity (Wildman–Crippen MR) is 96.2 cm³/mol. The number of amides is 1. The van der Waals surface area contributed by atoms with Crippen molar-refractivity contribution < 1.29 is 17.9 Å². The van der Waals surface area contributed by atoms with Gasteiger partial charge in [0.2, 0.25) is 0 Å². The molecule has 0 radical (unpaired) electrons. The third-order valence-corrected chi connectivity index (χ3v) is 8.30. The Morgan fingerprint density at radius 2 is 2.00 bits per heavy atom. The van der Waals surface area contributed by atoms with Crippen LogP contribution in [0.4, 0.5) is 0 Å². The number of morpholine rings is 1. The van der Waals surface area contributed by atoms with Crippen LogP contribution in [0.25, 0.3) is 0 Å². The van der Waals surface area contributed by atoms with Crippen molar-refractivity contribution in [1.82, 2.24) is 9.21 Å². The van der Waals surface area contributed by atoms with Gasteiger partial charge in [0.1, 0.15) is 4.21 Å². The summed E-state index contributed by atoms with van der Waals surface area (Å²) in [7, 11) is -3.56. The van der Waals surface area contributed by atoms with E-state index in [9.17, 15) is 13.2 Å². The van der Waals surface area contributed by atoms with Crippen molar-refractivity contribution in [2.24, 2.45) is 11.1 Å². The molecule has 1 unspecified atom stereocenters. The molecule has 0 bridgehead atoms. The van der Waals surface area contributed by atoms with E-state index in [2.05, 4.69) is 13.8 Å². The van der Waals surface area contributed by atoms with E-state index in [-0.39, 0.29) is 21.6 Å². The van der Waals surface area contributed by atoms with Crippen molar-refractivity contribution >= 4 is 27.3 Å². The molecule has 1 amide bonds. The van der Waals surface area contributed by atoms with Crippen LogP contribution in [-0.4, -0.2) is 69.0 Å². The summed E-state index contributed by atoms with van der Waals surface area (Å²) >= 11 is 1.10. The van der Waals surface area contributed by atoms with E-state index in [0.29, 0.717) is 45.0 Å². The van der Waals surface area contributed by atoms with Crippen LogP contribution < -0.4 is 5.73 Å². The average molecular weight is 388 g/mol. The second kappa shape index (κ2) is 6.96. The van der Waals surface area contributed by atoms with Gasteiger partial charge >= 0.3 is 0 Å². The second-order valence-electron chi connectivity index (χ2n) is 7.28. The third kappa shape index (κ3) is 3.75. The molecule has 1 aromatic rings. The fourth-order valence-corrected chi connectivity index (χ4v) is 5.92. The molecule has 7 nitrogen and oxygen atoms in total. The Kier molecular flexibility index (Phi) is 5.23. The molecule has 25 heavy (non-hydrogen) atoms. The van der Waals surface area contributed by atoms with Crippen molar-refractivity contribution in [3.8, 4) is 0 Å². The lowest BCUT2D eigenvalue weighted by atomic mass is 9.79. The van der Waals surface area contributed by atoms with Crippen LogP contribution in [0.1, 0.15) is 30.6 Å². The number of carbonyl (C=O) groups is 1. The zero-order chi connectivity index (χ0) is 18.2. The van der Waals surface area contributed by atoms with Gasteiger partial charge in [0.05, 0.1) is 18.8 Å². The Morgan fingerprint density at radius 3 is 2.64 bits per heavy atom. The number of hydrogen-bond donors (Lipinski definition) is 1. The number of piperidine rings is 1.